The van der Waals surface area contributed by atoms with E-state index in [1.54, 1.807) is 11.8 Å². The molecule has 20 heavy (non-hydrogen) atoms. The molecular weight excluding hydrogens is 334 g/mol. The van der Waals surface area contributed by atoms with Gasteiger partial charge in [-0.15, -0.1) is 0 Å². The van der Waals surface area contributed by atoms with E-state index in [1.807, 2.05) is 6.92 Å². The molecule has 5 heteroatoms. The van der Waals surface area contributed by atoms with Crippen molar-refractivity contribution >= 4 is 27.7 Å². The van der Waals surface area contributed by atoms with E-state index in [4.69, 9.17) is 0 Å². The smallest absolute Gasteiger partial charge is 0.0969 e. The molecule has 0 saturated carbocycles. The lowest BCUT2D eigenvalue weighted by atomic mass is 10.3. The van der Waals surface area contributed by atoms with Gasteiger partial charge in [0.15, 0.2) is 0 Å². The van der Waals surface area contributed by atoms with Crippen LogP contribution in [0.25, 0.3) is 0 Å². The monoisotopic (exact) mass is 353 g/mol. The van der Waals surface area contributed by atoms with E-state index in [2.05, 4.69) is 63.6 Å². The molecule has 2 rings (SSSR count). The topological polar surface area (TPSA) is 30.7 Å². The molecule has 0 aliphatic rings. The van der Waals surface area contributed by atoms with Crippen molar-refractivity contribution in [2.24, 2.45) is 0 Å². The minimum absolute atomic E-state index is 0.886. The molecule has 0 atom stereocenters. The molecule has 3 nitrogen and oxygen atoms in total. The Balaban J connectivity index is 2.20. The quantitative estimate of drug-likeness (QED) is 0.739. The van der Waals surface area contributed by atoms with Gasteiger partial charge in [-0.05, 0) is 60.8 Å². The molecule has 108 valence electrons. The highest BCUT2D eigenvalue weighted by Crippen LogP contribution is 2.29. The minimum Gasteiger partial charge on any atom is -0.268 e. The van der Waals surface area contributed by atoms with Crippen LogP contribution in [-0.4, -0.2) is 14.8 Å². The van der Waals surface area contributed by atoms with E-state index < -0.39 is 0 Å². The Kier molecular flexibility index (Phi) is 5.27. The molecule has 0 aliphatic heterocycles. The molecular formula is C15H20BrN3S. The van der Waals surface area contributed by atoms with Crippen LogP contribution < -0.4 is 0 Å². The lowest BCUT2D eigenvalue weighted by molar-refractivity contribution is 0.627. The van der Waals surface area contributed by atoms with Crippen LogP contribution in [0.15, 0.2) is 21.6 Å². The minimum atomic E-state index is 0.886. The van der Waals surface area contributed by atoms with E-state index in [-0.39, 0.29) is 0 Å². The molecule has 0 amide bonds. The maximum atomic E-state index is 4.63. The Hall–Kier alpha value is -0.810. The summed E-state index contributed by atoms with van der Waals surface area (Å²) in [5.74, 6) is 0.886. The zero-order valence-corrected chi connectivity index (χ0v) is 14.8. The number of nitrogens with zero attached hydrogens (tertiary/aromatic N) is 3. The highest BCUT2D eigenvalue weighted by atomic mass is 79.9. The number of hydrogen-bond acceptors (Lipinski definition) is 3. The predicted molar refractivity (Wildman–Crippen MR) is 88.3 cm³/mol. The second-order valence-electron chi connectivity index (χ2n) is 4.79. The number of pyridine rings is 1. The van der Waals surface area contributed by atoms with Gasteiger partial charge in [-0.2, -0.15) is 5.10 Å². The second kappa shape index (κ2) is 6.76. The summed E-state index contributed by atoms with van der Waals surface area (Å²) in [6.45, 7) is 9.31. The molecule has 2 aromatic rings. The molecule has 2 heterocycles. The van der Waals surface area contributed by atoms with Gasteiger partial charge in [-0.1, -0.05) is 18.7 Å². The van der Waals surface area contributed by atoms with Crippen molar-refractivity contribution in [3.05, 3.63) is 39.3 Å². The van der Waals surface area contributed by atoms with Crippen molar-refractivity contribution in [2.45, 2.75) is 51.4 Å². The van der Waals surface area contributed by atoms with Crippen molar-refractivity contribution in [3.8, 4) is 0 Å². The van der Waals surface area contributed by atoms with Gasteiger partial charge < -0.3 is 0 Å². The fraction of sp³-hybridized carbons (Fsp3) is 0.467. The third-order valence-electron chi connectivity index (χ3n) is 3.13. The molecule has 0 fully saturated rings. The van der Waals surface area contributed by atoms with Crippen LogP contribution in [0.2, 0.25) is 0 Å². The first-order valence-electron chi connectivity index (χ1n) is 6.87. The lowest BCUT2D eigenvalue weighted by Gasteiger charge is -2.06. The number of thioether (sulfide) groups is 1. The number of halogens is 1. The standard InChI is InChI=1S/C15H20BrN3S/c1-5-12-15(16)13(19(6-2)18-12)9-20-14-8-10(3)7-11(4)17-14/h7-8H,5-6,9H2,1-4H3. The van der Waals surface area contributed by atoms with Crippen molar-refractivity contribution in [3.63, 3.8) is 0 Å². The number of aryl methyl sites for hydroxylation is 4. The Morgan fingerprint density at radius 3 is 2.60 bits per heavy atom. The molecule has 0 N–H and O–H groups in total. The molecule has 0 unspecified atom stereocenters. The van der Waals surface area contributed by atoms with E-state index in [0.717, 1.165) is 39.6 Å². The first-order valence-corrected chi connectivity index (χ1v) is 8.65. The normalized spacial score (nSPS) is 11.1. The van der Waals surface area contributed by atoms with Crippen molar-refractivity contribution in [1.82, 2.24) is 14.8 Å². The van der Waals surface area contributed by atoms with Crippen LogP contribution in [0.3, 0.4) is 0 Å². The van der Waals surface area contributed by atoms with Crippen molar-refractivity contribution in [1.29, 1.82) is 0 Å². The highest BCUT2D eigenvalue weighted by molar-refractivity contribution is 9.10. The fourth-order valence-electron chi connectivity index (χ4n) is 2.18. The van der Waals surface area contributed by atoms with Crippen LogP contribution in [0.1, 0.15) is 36.5 Å². The molecule has 2 aromatic heterocycles. The van der Waals surface area contributed by atoms with Crippen molar-refractivity contribution < 1.29 is 0 Å². The number of aromatic nitrogens is 3. The van der Waals surface area contributed by atoms with Gasteiger partial charge in [0, 0.05) is 18.0 Å². The summed E-state index contributed by atoms with van der Waals surface area (Å²) in [6, 6.07) is 4.24. The first kappa shape index (κ1) is 15.6. The largest absolute Gasteiger partial charge is 0.268 e. The van der Waals surface area contributed by atoms with Gasteiger partial charge in [0.25, 0.3) is 0 Å². The van der Waals surface area contributed by atoms with Gasteiger partial charge in [0.1, 0.15) is 0 Å². The van der Waals surface area contributed by atoms with Gasteiger partial charge in [-0.25, -0.2) is 4.98 Å². The van der Waals surface area contributed by atoms with E-state index >= 15 is 0 Å². The molecule has 0 saturated heterocycles. The van der Waals surface area contributed by atoms with E-state index in [0.29, 0.717) is 0 Å². The van der Waals surface area contributed by atoms with Gasteiger partial charge in [0.05, 0.1) is 20.9 Å². The molecule has 0 aliphatic carbocycles. The zero-order chi connectivity index (χ0) is 14.7. The third-order valence-corrected chi connectivity index (χ3v) is 4.96. The maximum Gasteiger partial charge on any atom is 0.0969 e. The summed E-state index contributed by atoms with van der Waals surface area (Å²) in [4.78, 5) is 4.58. The average Bonchev–Trinajstić information content (AvgIpc) is 2.71. The second-order valence-corrected chi connectivity index (χ2v) is 6.58. The van der Waals surface area contributed by atoms with Crippen molar-refractivity contribution in [2.75, 3.05) is 0 Å². The Morgan fingerprint density at radius 1 is 1.25 bits per heavy atom. The summed E-state index contributed by atoms with van der Waals surface area (Å²) < 4.78 is 3.23. The molecule has 0 radical (unpaired) electrons. The Labute approximate surface area is 133 Å². The maximum absolute atomic E-state index is 4.63. The predicted octanol–water partition coefficient (Wildman–Crippen LogP) is 4.53. The van der Waals surface area contributed by atoms with E-state index in [1.165, 1.54) is 11.3 Å². The summed E-state index contributed by atoms with van der Waals surface area (Å²) in [6.07, 6.45) is 0.951. The van der Waals surface area contributed by atoms with Crippen LogP contribution in [-0.2, 0) is 18.7 Å². The van der Waals surface area contributed by atoms with Crippen LogP contribution in [0.5, 0.6) is 0 Å². The molecule has 0 spiro atoms. The Morgan fingerprint density at radius 2 is 2.00 bits per heavy atom. The highest BCUT2D eigenvalue weighted by Gasteiger charge is 2.14. The van der Waals surface area contributed by atoms with E-state index in [9.17, 15) is 0 Å². The molecule has 0 bridgehead atoms. The summed E-state index contributed by atoms with van der Waals surface area (Å²) in [7, 11) is 0. The van der Waals surface area contributed by atoms with Gasteiger partial charge >= 0.3 is 0 Å². The Bertz CT molecular complexity index is 587. The summed E-state index contributed by atoms with van der Waals surface area (Å²) in [5.41, 5.74) is 4.72. The fourth-order valence-corrected chi connectivity index (χ4v) is 4.12. The lowest BCUT2D eigenvalue weighted by Crippen LogP contribution is -2.02. The molecule has 0 aromatic carbocycles. The van der Waals surface area contributed by atoms with Gasteiger partial charge in [0.2, 0.25) is 0 Å². The van der Waals surface area contributed by atoms with Gasteiger partial charge in [-0.3, -0.25) is 4.68 Å². The number of hydrogen-bond donors (Lipinski definition) is 0. The summed E-state index contributed by atoms with van der Waals surface area (Å²) >= 11 is 5.46. The van der Waals surface area contributed by atoms with Crippen LogP contribution in [0.4, 0.5) is 0 Å². The zero-order valence-electron chi connectivity index (χ0n) is 12.4. The first-order chi connectivity index (χ1) is 9.55. The van der Waals surface area contributed by atoms with Crippen LogP contribution >= 0.6 is 27.7 Å². The number of rotatable bonds is 5. The summed E-state index contributed by atoms with van der Waals surface area (Å²) in [5, 5.41) is 5.71. The third kappa shape index (κ3) is 3.44. The average molecular weight is 354 g/mol. The van der Waals surface area contributed by atoms with Crippen LogP contribution in [0, 0.1) is 13.8 Å². The SMILES string of the molecule is CCc1nn(CC)c(CSc2cc(C)cc(C)n2)c1Br.